The minimum absolute atomic E-state index is 0.305. The number of hydrogen-bond donors (Lipinski definition) is 0. The van der Waals surface area contributed by atoms with Crippen molar-refractivity contribution in [1.29, 1.82) is 0 Å². The van der Waals surface area contributed by atoms with E-state index in [1.165, 1.54) is 0 Å². The smallest absolute Gasteiger partial charge is 0.203 e. The van der Waals surface area contributed by atoms with Crippen LogP contribution in [0, 0.1) is 46.5 Å². The molecular weight excluding hydrogens is 670 g/mol. The maximum Gasteiger partial charge on any atom is 0.453 e. The van der Waals surface area contributed by atoms with Gasteiger partial charge in [-0.1, -0.05) is 0 Å². The van der Waals surface area contributed by atoms with Gasteiger partial charge in [0.05, 0.1) is 20.9 Å². The topological polar surface area (TPSA) is 0 Å². The summed E-state index contributed by atoms with van der Waals surface area (Å²) in [7, 11) is 0. The molecule has 0 aromatic heterocycles. The van der Waals surface area contributed by atoms with Crippen LogP contribution in [0.2, 0.25) is 0 Å². The molecule has 2 aromatic carbocycles. The SMILES string of the molecule is Fc1c(F)c(-c2c(F)c(F)c(SCCCC(F)(F)C(F)(F)F)c(F)c2F)c(F)c(F)c1SCCCC(F)(F)C(F)(F)F. The van der Waals surface area contributed by atoms with Crippen LogP contribution in [0.25, 0.3) is 11.1 Å². The molecule has 0 radical (unpaired) electrons. The van der Waals surface area contributed by atoms with Gasteiger partial charge in [-0.15, -0.1) is 23.5 Å². The molecule has 0 heterocycles. The van der Waals surface area contributed by atoms with Crippen molar-refractivity contribution in [2.75, 3.05) is 11.5 Å². The lowest BCUT2D eigenvalue weighted by atomic mass is 10.0. The third kappa shape index (κ3) is 7.32. The molecule has 0 N–H and O–H groups in total. The van der Waals surface area contributed by atoms with Gasteiger partial charge in [0.1, 0.15) is 0 Å². The lowest BCUT2D eigenvalue weighted by Crippen LogP contribution is -2.36. The van der Waals surface area contributed by atoms with Gasteiger partial charge >= 0.3 is 24.2 Å². The highest BCUT2D eigenvalue weighted by Crippen LogP contribution is 2.44. The fourth-order valence-corrected chi connectivity index (χ4v) is 4.99. The summed E-state index contributed by atoms with van der Waals surface area (Å²) in [5.74, 6) is -32.8. The van der Waals surface area contributed by atoms with Crippen LogP contribution in [-0.2, 0) is 0 Å². The van der Waals surface area contributed by atoms with Crippen LogP contribution < -0.4 is 0 Å². The summed E-state index contributed by atoms with van der Waals surface area (Å²) in [5, 5.41) is 0. The molecule has 0 aliphatic carbocycles. The molecule has 0 bridgehead atoms. The van der Waals surface area contributed by atoms with Crippen LogP contribution in [0.15, 0.2) is 9.79 Å². The molecule has 42 heavy (non-hydrogen) atoms. The highest BCUT2D eigenvalue weighted by Gasteiger charge is 2.57. The van der Waals surface area contributed by atoms with E-state index in [0.29, 0.717) is 0 Å². The monoisotopic (exact) mass is 682 g/mol. The molecule has 0 fully saturated rings. The average molecular weight is 682 g/mol. The van der Waals surface area contributed by atoms with Gasteiger partial charge in [-0.05, 0) is 24.3 Å². The minimum atomic E-state index is -5.97. The van der Waals surface area contributed by atoms with Gasteiger partial charge in [0.15, 0.2) is 46.5 Å². The maximum atomic E-state index is 14.6. The van der Waals surface area contributed by atoms with Crippen LogP contribution in [-0.4, -0.2) is 35.7 Å². The van der Waals surface area contributed by atoms with Gasteiger partial charge in [0.25, 0.3) is 0 Å². The lowest BCUT2D eigenvalue weighted by molar-refractivity contribution is -0.284. The Bertz CT molecular complexity index is 1140. The first kappa shape index (κ1) is 36.1. The molecular formula is C22H12F18S2. The second kappa shape index (κ2) is 12.9. The van der Waals surface area contributed by atoms with Crippen molar-refractivity contribution >= 4 is 23.5 Å². The molecule has 0 nitrogen and oxygen atoms in total. The zero-order valence-corrected chi connectivity index (χ0v) is 21.5. The van der Waals surface area contributed by atoms with Crippen molar-refractivity contribution in [3.8, 4) is 11.1 Å². The largest absolute Gasteiger partial charge is 0.453 e. The van der Waals surface area contributed by atoms with E-state index in [1.807, 2.05) is 0 Å². The molecule has 0 spiro atoms. The number of halogens is 18. The summed E-state index contributed by atoms with van der Waals surface area (Å²) < 4.78 is 241. The summed E-state index contributed by atoms with van der Waals surface area (Å²) >= 11 is -0.610. The van der Waals surface area contributed by atoms with E-state index in [9.17, 15) is 79.0 Å². The third-order valence-corrected chi connectivity index (χ3v) is 7.57. The summed E-state index contributed by atoms with van der Waals surface area (Å²) in [5.41, 5.74) is -4.65. The third-order valence-electron chi connectivity index (χ3n) is 5.29. The second-order valence-electron chi connectivity index (χ2n) is 8.23. The summed E-state index contributed by atoms with van der Waals surface area (Å²) in [4.78, 5) is -3.35. The highest BCUT2D eigenvalue weighted by atomic mass is 32.2. The first-order valence-electron chi connectivity index (χ1n) is 10.8. The zero-order valence-electron chi connectivity index (χ0n) is 19.9. The fourth-order valence-electron chi connectivity index (χ4n) is 3.14. The Morgan fingerprint density at radius 2 is 0.619 bits per heavy atom. The van der Waals surface area contributed by atoms with Crippen LogP contribution >= 0.6 is 23.5 Å². The van der Waals surface area contributed by atoms with Gasteiger partial charge in [-0.3, -0.25) is 0 Å². The van der Waals surface area contributed by atoms with Crippen LogP contribution in [0.3, 0.4) is 0 Å². The summed E-state index contributed by atoms with van der Waals surface area (Å²) in [6.07, 6.45) is -17.9. The normalized spacial score (nSPS) is 13.3. The predicted octanol–water partition coefficient (Wildman–Crippen LogP) is 10.6. The number of benzene rings is 2. The highest BCUT2D eigenvalue weighted by molar-refractivity contribution is 7.99. The molecule has 0 saturated heterocycles. The van der Waals surface area contributed by atoms with Gasteiger partial charge in [0.2, 0.25) is 0 Å². The second-order valence-corrected chi connectivity index (χ2v) is 10.4. The van der Waals surface area contributed by atoms with E-state index >= 15 is 0 Å². The van der Waals surface area contributed by atoms with Crippen molar-refractivity contribution in [2.24, 2.45) is 0 Å². The molecule has 20 heteroatoms. The maximum absolute atomic E-state index is 14.6. The Balaban J connectivity index is 2.37. The number of hydrogen-bond acceptors (Lipinski definition) is 2. The Morgan fingerprint density at radius 1 is 0.381 bits per heavy atom. The molecule has 2 rings (SSSR count). The van der Waals surface area contributed by atoms with Crippen LogP contribution in [0.5, 0.6) is 0 Å². The van der Waals surface area contributed by atoms with E-state index in [-0.39, 0.29) is 23.5 Å². The first-order chi connectivity index (χ1) is 19.0. The predicted molar refractivity (Wildman–Crippen MR) is 113 cm³/mol. The molecule has 0 aliphatic rings. The van der Waals surface area contributed by atoms with E-state index in [2.05, 4.69) is 0 Å². The summed E-state index contributed by atoms with van der Waals surface area (Å²) in [6, 6.07) is 0. The van der Waals surface area contributed by atoms with E-state index in [0.717, 1.165) is 0 Å². The number of alkyl halides is 10. The molecule has 0 atom stereocenters. The Morgan fingerprint density at radius 3 is 0.833 bits per heavy atom. The molecule has 0 aliphatic heterocycles. The number of rotatable bonds is 11. The lowest BCUT2D eigenvalue weighted by Gasteiger charge is -2.19. The van der Waals surface area contributed by atoms with Gasteiger partial charge < -0.3 is 0 Å². The number of thioether (sulfide) groups is 2. The van der Waals surface area contributed by atoms with Crippen molar-refractivity contribution in [3.63, 3.8) is 0 Å². The summed E-state index contributed by atoms with van der Waals surface area (Å²) in [6.45, 7) is 0. The van der Waals surface area contributed by atoms with Gasteiger partial charge in [0, 0.05) is 12.8 Å². The van der Waals surface area contributed by atoms with Crippen molar-refractivity contribution in [1.82, 2.24) is 0 Å². The minimum Gasteiger partial charge on any atom is -0.203 e. The molecule has 0 saturated carbocycles. The van der Waals surface area contributed by atoms with E-state index in [4.69, 9.17) is 0 Å². The zero-order chi connectivity index (χ0) is 32.6. The van der Waals surface area contributed by atoms with Crippen molar-refractivity contribution in [2.45, 2.75) is 59.7 Å². The standard InChI is InChI=1S/C22H12F18S2/c23-9-7(10(24)14(28)17(13(9)27)41-5-1-3-19(31,32)21(35,36)37)8-11(25)15(29)18(16(30)12(8)26)42-6-2-4-20(33,34)22(38,39)40/h1-6H2. The quantitative estimate of drug-likeness (QED) is 0.100. The Labute approximate surface area is 231 Å². The Kier molecular flexibility index (Phi) is 11.0. The molecule has 2 aromatic rings. The first-order valence-corrected chi connectivity index (χ1v) is 12.8. The van der Waals surface area contributed by atoms with Crippen molar-refractivity contribution in [3.05, 3.63) is 46.5 Å². The molecule has 238 valence electrons. The Hall–Kier alpha value is -2.12. The van der Waals surface area contributed by atoms with E-state index < -0.39 is 129 Å². The van der Waals surface area contributed by atoms with Crippen LogP contribution in [0.4, 0.5) is 79.0 Å². The van der Waals surface area contributed by atoms with Gasteiger partial charge in [-0.25, -0.2) is 35.1 Å². The van der Waals surface area contributed by atoms with Crippen LogP contribution in [0.1, 0.15) is 25.7 Å². The van der Waals surface area contributed by atoms with Crippen molar-refractivity contribution < 1.29 is 79.0 Å². The van der Waals surface area contributed by atoms with Gasteiger partial charge in [-0.2, -0.15) is 43.9 Å². The molecule has 0 unspecified atom stereocenters. The molecule has 0 amide bonds. The average Bonchev–Trinajstić information content (AvgIpc) is 2.86. The fraction of sp³-hybridized carbons (Fsp3) is 0.455. The van der Waals surface area contributed by atoms with E-state index in [1.54, 1.807) is 0 Å².